The molecule has 1 aromatic rings. The second-order valence-electron chi connectivity index (χ2n) is 5.51. The van der Waals surface area contributed by atoms with Crippen molar-refractivity contribution in [1.29, 1.82) is 0 Å². The number of rotatable bonds is 7. The molecule has 18 heavy (non-hydrogen) atoms. The van der Waals surface area contributed by atoms with Crippen LogP contribution in [0.1, 0.15) is 52.7 Å². The van der Waals surface area contributed by atoms with Crippen LogP contribution >= 0.6 is 0 Å². The van der Waals surface area contributed by atoms with E-state index in [4.69, 9.17) is 4.74 Å². The van der Waals surface area contributed by atoms with E-state index < -0.39 is 0 Å². The lowest BCUT2D eigenvalue weighted by Crippen LogP contribution is -2.35. The molecule has 0 spiro atoms. The molecule has 0 fully saturated rings. The second kappa shape index (κ2) is 7.31. The zero-order valence-corrected chi connectivity index (χ0v) is 12.0. The summed E-state index contributed by atoms with van der Waals surface area (Å²) in [4.78, 5) is 8.58. The van der Waals surface area contributed by atoms with Crippen molar-refractivity contribution in [2.24, 2.45) is 0 Å². The van der Waals surface area contributed by atoms with Gasteiger partial charge in [0.1, 0.15) is 0 Å². The Kier molecular flexibility index (Phi) is 6.05. The van der Waals surface area contributed by atoms with Gasteiger partial charge >= 0.3 is 0 Å². The SMILES string of the molecule is CCCCCOc1cnc(CNC(C)(C)C)cn1. The minimum atomic E-state index is 0.0942. The smallest absolute Gasteiger partial charge is 0.232 e. The van der Waals surface area contributed by atoms with Crippen molar-refractivity contribution in [2.45, 2.75) is 59.0 Å². The van der Waals surface area contributed by atoms with Crippen LogP contribution < -0.4 is 10.1 Å². The zero-order valence-electron chi connectivity index (χ0n) is 12.0. The Morgan fingerprint density at radius 1 is 1.17 bits per heavy atom. The van der Waals surface area contributed by atoms with Crippen LogP contribution in [0.25, 0.3) is 0 Å². The summed E-state index contributed by atoms with van der Waals surface area (Å²) in [7, 11) is 0. The predicted molar refractivity (Wildman–Crippen MR) is 73.6 cm³/mol. The Morgan fingerprint density at radius 3 is 2.50 bits per heavy atom. The lowest BCUT2D eigenvalue weighted by molar-refractivity contribution is 0.293. The minimum absolute atomic E-state index is 0.0942. The van der Waals surface area contributed by atoms with Crippen molar-refractivity contribution in [3.05, 3.63) is 18.1 Å². The molecule has 0 saturated heterocycles. The normalized spacial score (nSPS) is 11.6. The van der Waals surface area contributed by atoms with Gasteiger partial charge in [0.15, 0.2) is 0 Å². The number of ether oxygens (including phenoxy) is 1. The third kappa shape index (κ3) is 6.55. The average molecular weight is 251 g/mol. The quantitative estimate of drug-likeness (QED) is 0.757. The van der Waals surface area contributed by atoms with Gasteiger partial charge in [-0.3, -0.25) is 4.98 Å². The highest BCUT2D eigenvalue weighted by atomic mass is 16.5. The van der Waals surface area contributed by atoms with Crippen molar-refractivity contribution in [3.8, 4) is 5.88 Å². The van der Waals surface area contributed by atoms with Gasteiger partial charge < -0.3 is 10.1 Å². The van der Waals surface area contributed by atoms with Gasteiger partial charge in [-0.25, -0.2) is 4.98 Å². The maximum atomic E-state index is 5.51. The third-order valence-corrected chi connectivity index (χ3v) is 2.48. The standard InChI is InChI=1S/C14H25N3O/c1-5-6-7-8-18-13-11-15-12(9-16-13)10-17-14(2,3)4/h9,11,17H,5-8,10H2,1-4H3. The van der Waals surface area contributed by atoms with Crippen LogP contribution in [0.15, 0.2) is 12.4 Å². The van der Waals surface area contributed by atoms with Crippen LogP contribution in [0, 0.1) is 0 Å². The monoisotopic (exact) mass is 251 g/mol. The van der Waals surface area contributed by atoms with Crippen LogP contribution in [0.3, 0.4) is 0 Å². The van der Waals surface area contributed by atoms with Crippen LogP contribution in [0.2, 0.25) is 0 Å². The summed E-state index contributed by atoms with van der Waals surface area (Å²) in [5, 5.41) is 3.37. The molecule has 1 heterocycles. The molecule has 1 N–H and O–H groups in total. The molecule has 4 heteroatoms. The first-order valence-corrected chi connectivity index (χ1v) is 6.70. The number of nitrogens with one attached hydrogen (secondary N) is 1. The fourth-order valence-corrected chi connectivity index (χ4v) is 1.39. The molecule has 0 aliphatic heterocycles. The largest absolute Gasteiger partial charge is 0.477 e. The van der Waals surface area contributed by atoms with E-state index >= 15 is 0 Å². The van der Waals surface area contributed by atoms with Gasteiger partial charge in [-0.05, 0) is 27.2 Å². The lowest BCUT2D eigenvalue weighted by Gasteiger charge is -2.19. The summed E-state index contributed by atoms with van der Waals surface area (Å²) >= 11 is 0. The zero-order chi connectivity index (χ0) is 13.4. The van der Waals surface area contributed by atoms with E-state index in [1.807, 2.05) is 0 Å². The van der Waals surface area contributed by atoms with Crippen molar-refractivity contribution >= 4 is 0 Å². The molecule has 0 unspecified atom stereocenters. The molecule has 0 amide bonds. The van der Waals surface area contributed by atoms with Crippen LogP contribution in [0.5, 0.6) is 5.88 Å². The third-order valence-electron chi connectivity index (χ3n) is 2.48. The topological polar surface area (TPSA) is 47.0 Å². The molecule has 102 valence electrons. The summed E-state index contributed by atoms with van der Waals surface area (Å²) in [6.45, 7) is 10.0. The highest BCUT2D eigenvalue weighted by molar-refractivity contribution is 5.07. The Hall–Kier alpha value is -1.16. The first kappa shape index (κ1) is 14.9. The molecule has 0 aromatic carbocycles. The Morgan fingerprint density at radius 2 is 1.94 bits per heavy atom. The number of nitrogens with zero attached hydrogens (tertiary/aromatic N) is 2. The maximum Gasteiger partial charge on any atom is 0.232 e. The van der Waals surface area contributed by atoms with Gasteiger partial charge in [-0.2, -0.15) is 0 Å². The van der Waals surface area contributed by atoms with Crippen molar-refractivity contribution in [3.63, 3.8) is 0 Å². The Bertz CT molecular complexity index is 330. The van der Waals surface area contributed by atoms with Crippen LogP contribution in [-0.2, 0) is 6.54 Å². The van der Waals surface area contributed by atoms with E-state index in [2.05, 4.69) is 43.0 Å². The van der Waals surface area contributed by atoms with Crippen molar-refractivity contribution in [1.82, 2.24) is 15.3 Å². The molecule has 0 atom stereocenters. The molecule has 0 bridgehead atoms. The van der Waals surface area contributed by atoms with E-state index in [0.29, 0.717) is 5.88 Å². The van der Waals surface area contributed by atoms with Gasteiger partial charge in [0.2, 0.25) is 5.88 Å². The molecular weight excluding hydrogens is 226 g/mol. The first-order valence-electron chi connectivity index (χ1n) is 6.70. The summed E-state index contributed by atoms with van der Waals surface area (Å²) in [5.74, 6) is 0.616. The van der Waals surface area contributed by atoms with Crippen molar-refractivity contribution in [2.75, 3.05) is 6.61 Å². The van der Waals surface area contributed by atoms with E-state index in [-0.39, 0.29) is 5.54 Å². The van der Waals surface area contributed by atoms with Crippen LogP contribution in [-0.4, -0.2) is 22.1 Å². The average Bonchev–Trinajstić information content (AvgIpc) is 2.33. The predicted octanol–water partition coefficient (Wildman–Crippen LogP) is 2.93. The molecule has 1 rings (SSSR count). The lowest BCUT2D eigenvalue weighted by atomic mass is 10.1. The molecule has 0 radical (unpaired) electrons. The minimum Gasteiger partial charge on any atom is -0.477 e. The second-order valence-corrected chi connectivity index (χ2v) is 5.51. The van der Waals surface area contributed by atoms with Gasteiger partial charge in [-0.1, -0.05) is 19.8 Å². The number of hydrogen-bond acceptors (Lipinski definition) is 4. The number of unbranched alkanes of at least 4 members (excludes halogenated alkanes) is 2. The van der Waals surface area contributed by atoms with E-state index in [1.54, 1.807) is 12.4 Å². The number of aromatic nitrogens is 2. The fourth-order valence-electron chi connectivity index (χ4n) is 1.39. The summed E-state index contributed by atoms with van der Waals surface area (Å²) in [5.41, 5.74) is 1.03. The molecule has 0 saturated carbocycles. The van der Waals surface area contributed by atoms with Gasteiger partial charge in [-0.15, -0.1) is 0 Å². The number of hydrogen-bond donors (Lipinski definition) is 1. The molecular formula is C14H25N3O. The Labute approximate surface area is 110 Å². The summed E-state index contributed by atoms with van der Waals surface area (Å²) in [6.07, 6.45) is 6.94. The van der Waals surface area contributed by atoms with E-state index in [9.17, 15) is 0 Å². The van der Waals surface area contributed by atoms with Gasteiger partial charge in [0, 0.05) is 12.1 Å². The molecule has 4 nitrogen and oxygen atoms in total. The summed E-state index contributed by atoms with van der Waals surface area (Å²) in [6, 6.07) is 0. The van der Waals surface area contributed by atoms with Crippen molar-refractivity contribution < 1.29 is 4.74 Å². The van der Waals surface area contributed by atoms with E-state index in [0.717, 1.165) is 25.3 Å². The van der Waals surface area contributed by atoms with Gasteiger partial charge in [0.25, 0.3) is 0 Å². The summed E-state index contributed by atoms with van der Waals surface area (Å²) < 4.78 is 5.51. The molecule has 0 aliphatic carbocycles. The highest BCUT2D eigenvalue weighted by Crippen LogP contribution is 2.07. The molecule has 1 aromatic heterocycles. The van der Waals surface area contributed by atoms with Crippen LogP contribution in [0.4, 0.5) is 0 Å². The maximum absolute atomic E-state index is 5.51. The van der Waals surface area contributed by atoms with E-state index in [1.165, 1.54) is 12.8 Å². The molecule has 0 aliphatic rings. The Balaban J connectivity index is 2.33. The first-order chi connectivity index (χ1) is 8.51. The highest BCUT2D eigenvalue weighted by Gasteiger charge is 2.09. The fraction of sp³-hybridized carbons (Fsp3) is 0.714. The van der Waals surface area contributed by atoms with Gasteiger partial charge in [0.05, 0.1) is 24.7 Å².